The van der Waals surface area contributed by atoms with Crippen LogP contribution in [-0.4, -0.2) is 7.05 Å². The van der Waals surface area contributed by atoms with Gasteiger partial charge in [-0.2, -0.15) is 0 Å². The van der Waals surface area contributed by atoms with Gasteiger partial charge in [0.15, 0.2) is 0 Å². The van der Waals surface area contributed by atoms with E-state index < -0.39 is 0 Å². The third-order valence-electron chi connectivity index (χ3n) is 2.51. The van der Waals surface area contributed by atoms with Crippen LogP contribution >= 0.6 is 39.1 Å². The molecule has 2 rings (SSSR count). The Morgan fingerprint density at radius 3 is 2.60 bits per heavy atom. The zero-order chi connectivity index (χ0) is 14.7. The molecule has 0 bridgehead atoms. The maximum Gasteiger partial charge on any atom is 0.147 e. The van der Waals surface area contributed by atoms with Gasteiger partial charge in [0.2, 0.25) is 0 Å². The number of benzene rings is 2. The van der Waals surface area contributed by atoms with Crippen LogP contribution in [0.5, 0.6) is 11.5 Å². The molecule has 2 aromatic rings. The van der Waals surface area contributed by atoms with Crippen molar-refractivity contribution in [3.05, 3.63) is 56.2 Å². The van der Waals surface area contributed by atoms with E-state index in [-0.39, 0.29) is 5.82 Å². The summed E-state index contributed by atoms with van der Waals surface area (Å²) in [6.45, 7) is 0.545. The zero-order valence-corrected chi connectivity index (χ0v) is 13.6. The van der Waals surface area contributed by atoms with Gasteiger partial charge in [-0.05, 0) is 46.7 Å². The summed E-state index contributed by atoms with van der Waals surface area (Å²) in [5.41, 5.74) is 0.779. The Hall–Kier alpha value is -0.810. The zero-order valence-electron chi connectivity index (χ0n) is 10.5. The van der Waals surface area contributed by atoms with Crippen molar-refractivity contribution in [2.75, 3.05) is 7.05 Å². The van der Waals surface area contributed by atoms with Crippen LogP contribution in [0.2, 0.25) is 10.0 Å². The minimum Gasteiger partial charge on any atom is -0.456 e. The van der Waals surface area contributed by atoms with Gasteiger partial charge in [-0.1, -0.05) is 23.2 Å². The molecule has 0 saturated carbocycles. The summed E-state index contributed by atoms with van der Waals surface area (Å²) in [4.78, 5) is 0. The van der Waals surface area contributed by atoms with E-state index >= 15 is 0 Å². The SMILES string of the molecule is CNCc1cc(F)cc(Oc2cc(Cl)c(Br)cc2Cl)c1. The minimum atomic E-state index is -0.368. The van der Waals surface area contributed by atoms with Crippen LogP contribution in [0.1, 0.15) is 5.56 Å². The number of ether oxygens (including phenoxy) is 1. The maximum atomic E-state index is 13.5. The van der Waals surface area contributed by atoms with Crippen molar-refractivity contribution in [2.24, 2.45) is 0 Å². The molecule has 0 aliphatic heterocycles. The highest BCUT2D eigenvalue weighted by Crippen LogP contribution is 2.36. The first kappa shape index (κ1) is 15.6. The van der Waals surface area contributed by atoms with Gasteiger partial charge in [-0.3, -0.25) is 0 Å². The molecule has 2 nitrogen and oxygen atoms in total. The van der Waals surface area contributed by atoms with Gasteiger partial charge in [-0.25, -0.2) is 4.39 Å². The lowest BCUT2D eigenvalue weighted by Crippen LogP contribution is -2.05. The summed E-state index contributed by atoms with van der Waals surface area (Å²) in [6.07, 6.45) is 0. The number of rotatable bonds is 4. The lowest BCUT2D eigenvalue weighted by Gasteiger charge is -2.10. The van der Waals surface area contributed by atoms with Gasteiger partial charge < -0.3 is 10.1 Å². The fourth-order valence-electron chi connectivity index (χ4n) is 1.70. The lowest BCUT2D eigenvalue weighted by molar-refractivity contribution is 0.475. The maximum absolute atomic E-state index is 13.5. The molecule has 0 amide bonds. The first-order valence-electron chi connectivity index (χ1n) is 5.76. The smallest absolute Gasteiger partial charge is 0.147 e. The fourth-order valence-corrected chi connectivity index (χ4v) is 2.53. The van der Waals surface area contributed by atoms with Crippen molar-refractivity contribution in [3.63, 3.8) is 0 Å². The third kappa shape index (κ3) is 3.85. The molecule has 0 heterocycles. The van der Waals surface area contributed by atoms with Gasteiger partial charge in [0, 0.05) is 23.2 Å². The summed E-state index contributed by atoms with van der Waals surface area (Å²) in [7, 11) is 1.79. The highest BCUT2D eigenvalue weighted by atomic mass is 79.9. The molecular formula is C14H11BrCl2FNO. The molecule has 0 atom stereocenters. The van der Waals surface area contributed by atoms with Crippen molar-refractivity contribution in [1.29, 1.82) is 0 Å². The second kappa shape index (κ2) is 6.76. The van der Waals surface area contributed by atoms with Crippen LogP contribution in [0.25, 0.3) is 0 Å². The summed E-state index contributed by atoms with van der Waals surface area (Å²) in [5, 5.41) is 3.81. The normalized spacial score (nSPS) is 10.7. The van der Waals surface area contributed by atoms with E-state index in [0.717, 1.165) is 5.56 Å². The lowest BCUT2D eigenvalue weighted by atomic mass is 10.2. The van der Waals surface area contributed by atoms with Crippen LogP contribution in [-0.2, 0) is 6.54 Å². The summed E-state index contributed by atoms with van der Waals surface area (Å²) in [5.74, 6) is 0.378. The van der Waals surface area contributed by atoms with E-state index in [1.807, 2.05) is 0 Å². The second-order valence-electron chi connectivity index (χ2n) is 4.12. The largest absolute Gasteiger partial charge is 0.456 e. The Bertz CT molecular complexity index is 637. The first-order valence-corrected chi connectivity index (χ1v) is 7.31. The molecule has 0 saturated heterocycles. The third-order valence-corrected chi connectivity index (χ3v) is 4.01. The van der Waals surface area contributed by atoms with Crippen LogP contribution in [0.3, 0.4) is 0 Å². The topological polar surface area (TPSA) is 21.3 Å². The summed E-state index contributed by atoms with van der Waals surface area (Å²) < 4.78 is 19.8. The highest BCUT2D eigenvalue weighted by Gasteiger charge is 2.09. The van der Waals surface area contributed by atoms with E-state index in [2.05, 4.69) is 21.2 Å². The molecule has 0 aromatic heterocycles. The van der Waals surface area contributed by atoms with Crippen molar-refractivity contribution in [2.45, 2.75) is 6.54 Å². The number of hydrogen-bond donors (Lipinski definition) is 1. The standard InChI is InChI=1S/C14H11BrCl2FNO/c1-19-7-8-2-9(18)4-10(3-8)20-14-6-12(16)11(15)5-13(14)17/h2-6,19H,7H2,1H3. The molecular weight excluding hydrogens is 368 g/mol. The van der Waals surface area contributed by atoms with Crippen LogP contribution < -0.4 is 10.1 Å². The Morgan fingerprint density at radius 1 is 1.15 bits per heavy atom. The molecule has 20 heavy (non-hydrogen) atoms. The van der Waals surface area contributed by atoms with Gasteiger partial charge in [-0.15, -0.1) is 0 Å². The Balaban J connectivity index is 2.32. The monoisotopic (exact) mass is 377 g/mol. The molecule has 2 aromatic carbocycles. The molecule has 0 radical (unpaired) electrons. The van der Waals surface area contributed by atoms with Crippen LogP contribution in [0.15, 0.2) is 34.8 Å². The average Bonchev–Trinajstić information content (AvgIpc) is 2.35. The summed E-state index contributed by atoms with van der Waals surface area (Å²) >= 11 is 15.3. The first-order chi connectivity index (χ1) is 9.49. The molecule has 0 spiro atoms. The molecule has 0 fully saturated rings. The van der Waals surface area contributed by atoms with Crippen molar-refractivity contribution in [3.8, 4) is 11.5 Å². The Kier molecular flexibility index (Phi) is 5.27. The van der Waals surface area contributed by atoms with Crippen molar-refractivity contribution in [1.82, 2.24) is 5.32 Å². The molecule has 106 valence electrons. The highest BCUT2D eigenvalue weighted by molar-refractivity contribution is 9.10. The predicted molar refractivity (Wildman–Crippen MR) is 83.4 cm³/mol. The van der Waals surface area contributed by atoms with Crippen molar-refractivity contribution >= 4 is 39.1 Å². The molecule has 0 unspecified atom stereocenters. The van der Waals surface area contributed by atoms with Gasteiger partial charge >= 0.3 is 0 Å². The molecule has 6 heteroatoms. The van der Waals surface area contributed by atoms with Crippen LogP contribution in [0, 0.1) is 5.82 Å². The molecule has 1 N–H and O–H groups in total. The van der Waals surface area contributed by atoms with E-state index in [0.29, 0.717) is 32.6 Å². The van der Waals surface area contributed by atoms with Crippen LogP contribution in [0.4, 0.5) is 4.39 Å². The molecule has 0 aliphatic rings. The van der Waals surface area contributed by atoms with Gasteiger partial charge in [0.25, 0.3) is 0 Å². The van der Waals surface area contributed by atoms with E-state index in [4.69, 9.17) is 27.9 Å². The Labute approximate surface area is 135 Å². The van der Waals surface area contributed by atoms with Gasteiger partial charge in [0.1, 0.15) is 17.3 Å². The average molecular weight is 379 g/mol. The molecule has 0 aliphatic carbocycles. The fraction of sp³-hybridized carbons (Fsp3) is 0.143. The van der Waals surface area contributed by atoms with E-state index in [1.54, 1.807) is 25.2 Å². The number of halogens is 4. The number of hydrogen-bond acceptors (Lipinski definition) is 2. The van der Waals surface area contributed by atoms with E-state index in [1.165, 1.54) is 12.1 Å². The van der Waals surface area contributed by atoms with Gasteiger partial charge in [0.05, 0.1) is 10.0 Å². The Morgan fingerprint density at radius 2 is 1.90 bits per heavy atom. The van der Waals surface area contributed by atoms with Crippen molar-refractivity contribution < 1.29 is 9.13 Å². The van der Waals surface area contributed by atoms with E-state index in [9.17, 15) is 4.39 Å². The second-order valence-corrected chi connectivity index (χ2v) is 5.79. The summed E-state index contributed by atoms with van der Waals surface area (Å²) in [6, 6.07) is 7.69. The number of nitrogens with one attached hydrogen (secondary N) is 1. The predicted octanol–water partition coefficient (Wildman–Crippen LogP) is 5.41. The minimum absolute atomic E-state index is 0.368. The quantitative estimate of drug-likeness (QED) is 0.718.